The van der Waals surface area contributed by atoms with Crippen molar-refractivity contribution in [3.8, 4) is 0 Å². The van der Waals surface area contributed by atoms with Gasteiger partial charge in [-0.3, -0.25) is 0 Å². The number of sulfonamides is 1. The van der Waals surface area contributed by atoms with Crippen molar-refractivity contribution in [3.63, 3.8) is 0 Å². The van der Waals surface area contributed by atoms with Crippen molar-refractivity contribution in [2.45, 2.75) is 57.4 Å². The van der Waals surface area contributed by atoms with Crippen molar-refractivity contribution in [3.05, 3.63) is 23.8 Å². The molecule has 0 saturated heterocycles. The fraction of sp³-hybridized carbons (Fsp3) is 0.600. The van der Waals surface area contributed by atoms with Crippen LogP contribution >= 0.6 is 0 Å². The molecule has 2 rings (SSSR count). The Hall–Kier alpha value is -1.07. The van der Waals surface area contributed by atoms with Gasteiger partial charge in [0.05, 0.1) is 4.90 Å². The number of rotatable bonds is 3. The highest BCUT2D eigenvalue weighted by Gasteiger charge is 2.28. The summed E-state index contributed by atoms with van der Waals surface area (Å²) in [6, 6.07) is 5.77. The zero-order valence-corrected chi connectivity index (χ0v) is 13.3. The maximum atomic E-state index is 11.6. The smallest absolute Gasteiger partial charge is 0.238 e. The van der Waals surface area contributed by atoms with Gasteiger partial charge < -0.3 is 5.32 Å². The van der Waals surface area contributed by atoms with Crippen LogP contribution in [0.5, 0.6) is 0 Å². The molecule has 1 aromatic rings. The summed E-state index contributed by atoms with van der Waals surface area (Å²) in [5.41, 5.74) is 1.87. The van der Waals surface area contributed by atoms with Crippen LogP contribution in [0.15, 0.2) is 23.1 Å². The summed E-state index contributed by atoms with van der Waals surface area (Å²) in [6.45, 7) is 6.32. The van der Waals surface area contributed by atoms with Gasteiger partial charge in [0.1, 0.15) is 0 Å². The summed E-state index contributed by atoms with van der Waals surface area (Å²) >= 11 is 0. The normalized spacial score (nSPS) is 22.5. The molecule has 0 amide bonds. The molecular formula is C15H24N2O2S. The van der Waals surface area contributed by atoms with Gasteiger partial charge in [-0.15, -0.1) is 0 Å². The quantitative estimate of drug-likeness (QED) is 0.900. The fourth-order valence-corrected chi connectivity index (χ4v) is 3.86. The van der Waals surface area contributed by atoms with Gasteiger partial charge in [-0.2, -0.15) is 0 Å². The standard InChI is InChI=1S/C15H24N2O2S/c1-11-6-7-12(9-14(11)20(16,18)19)17-13-5-4-8-15(2,3)10-13/h6-7,9,13,17H,4-5,8,10H2,1-3H3,(H2,16,18,19). The highest BCUT2D eigenvalue weighted by molar-refractivity contribution is 7.89. The Bertz CT molecular complexity index is 594. The third kappa shape index (κ3) is 3.73. The largest absolute Gasteiger partial charge is 0.382 e. The summed E-state index contributed by atoms with van der Waals surface area (Å²) in [4.78, 5) is 0.206. The summed E-state index contributed by atoms with van der Waals surface area (Å²) < 4.78 is 23.1. The van der Waals surface area contributed by atoms with Crippen LogP contribution in [0.2, 0.25) is 0 Å². The van der Waals surface area contributed by atoms with Crippen LogP contribution in [0, 0.1) is 12.3 Å². The lowest BCUT2D eigenvalue weighted by molar-refractivity contribution is 0.229. The van der Waals surface area contributed by atoms with Crippen molar-refractivity contribution >= 4 is 15.7 Å². The van der Waals surface area contributed by atoms with Crippen LogP contribution in [0.3, 0.4) is 0 Å². The van der Waals surface area contributed by atoms with Gasteiger partial charge in [0.2, 0.25) is 10.0 Å². The van der Waals surface area contributed by atoms with Crippen LogP contribution in [0.4, 0.5) is 5.69 Å². The minimum atomic E-state index is -3.66. The van der Waals surface area contributed by atoms with E-state index >= 15 is 0 Å². The molecule has 1 aromatic carbocycles. The second-order valence-corrected chi connectivity index (χ2v) is 8.16. The lowest BCUT2D eigenvalue weighted by Gasteiger charge is -2.36. The third-order valence-electron chi connectivity index (χ3n) is 4.07. The Morgan fingerprint density at radius 2 is 2.05 bits per heavy atom. The molecule has 5 heteroatoms. The van der Waals surface area contributed by atoms with E-state index in [0.717, 1.165) is 18.5 Å². The number of anilines is 1. The van der Waals surface area contributed by atoms with E-state index in [1.807, 2.05) is 6.07 Å². The molecule has 4 nitrogen and oxygen atoms in total. The number of hydrogen-bond acceptors (Lipinski definition) is 3. The van der Waals surface area contributed by atoms with Crippen molar-refractivity contribution in [2.24, 2.45) is 10.6 Å². The predicted molar refractivity (Wildman–Crippen MR) is 82.2 cm³/mol. The molecule has 1 fully saturated rings. The number of aryl methyl sites for hydroxylation is 1. The summed E-state index contributed by atoms with van der Waals surface area (Å²) in [6.07, 6.45) is 4.69. The van der Waals surface area contributed by atoms with Crippen LogP contribution < -0.4 is 10.5 Å². The molecule has 0 heterocycles. The summed E-state index contributed by atoms with van der Waals surface area (Å²) in [7, 11) is -3.66. The minimum absolute atomic E-state index is 0.206. The molecule has 1 atom stereocenters. The molecule has 0 aromatic heterocycles. The Kier molecular flexibility index (Phi) is 4.12. The second kappa shape index (κ2) is 5.37. The van der Waals surface area contributed by atoms with Crippen molar-refractivity contribution < 1.29 is 8.42 Å². The monoisotopic (exact) mass is 296 g/mol. The van der Waals surface area contributed by atoms with Crippen molar-refractivity contribution in [1.82, 2.24) is 0 Å². The first-order valence-electron chi connectivity index (χ1n) is 7.07. The zero-order valence-electron chi connectivity index (χ0n) is 12.4. The first kappa shape index (κ1) is 15.3. The van der Waals surface area contributed by atoms with E-state index in [2.05, 4.69) is 19.2 Å². The van der Waals surface area contributed by atoms with Crippen LogP contribution in [0.25, 0.3) is 0 Å². The van der Waals surface area contributed by atoms with Gasteiger partial charge in [-0.1, -0.05) is 26.3 Å². The van der Waals surface area contributed by atoms with Crippen molar-refractivity contribution in [1.29, 1.82) is 0 Å². The fourth-order valence-electron chi connectivity index (χ4n) is 3.05. The average molecular weight is 296 g/mol. The summed E-state index contributed by atoms with van der Waals surface area (Å²) in [5.74, 6) is 0. The molecule has 1 aliphatic rings. The van der Waals surface area contributed by atoms with Crippen LogP contribution in [0.1, 0.15) is 45.1 Å². The van der Waals surface area contributed by atoms with Gasteiger partial charge in [0, 0.05) is 11.7 Å². The first-order chi connectivity index (χ1) is 9.17. The highest BCUT2D eigenvalue weighted by atomic mass is 32.2. The molecule has 1 unspecified atom stereocenters. The molecule has 20 heavy (non-hydrogen) atoms. The maximum Gasteiger partial charge on any atom is 0.238 e. The second-order valence-electron chi connectivity index (χ2n) is 6.63. The third-order valence-corrected chi connectivity index (χ3v) is 5.12. The molecule has 0 aliphatic heterocycles. The van der Waals surface area contributed by atoms with E-state index in [1.54, 1.807) is 19.1 Å². The van der Waals surface area contributed by atoms with Gasteiger partial charge in [-0.05, 0) is 49.3 Å². The molecule has 0 radical (unpaired) electrons. The van der Waals surface area contributed by atoms with Gasteiger partial charge >= 0.3 is 0 Å². The molecule has 1 aliphatic carbocycles. The number of primary sulfonamides is 1. The van der Waals surface area contributed by atoms with Crippen molar-refractivity contribution in [2.75, 3.05) is 5.32 Å². The molecule has 1 saturated carbocycles. The molecular weight excluding hydrogens is 272 g/mol. The topological polar surface area (TPSA) is 72.2 Å². The number of nitrogens with two attached hydrogens (primary N) is 1. The summed E-state index contributed by atoms with van der Waals surface area (Å²) in [5, 5.41) is 8.70. The first-order valence-corrected chi connectivity index (χ1v) is 8.62. The molecule has 112 valence electrons. The highest BCUT2D eigenvalue weighted by Crippen LogP contribution is 2.36. The number of benzene rings is 1. The van der Waals surface area contributed by atoms with Gasteiger partial charge in [0.25, 0.3) is 0 Å². The van der Waals surface area contributed by atoms with Gasteiger partial charge in [-0.25, -0.2) is 13.6 Å². The number of nitrogens with one attached hydrogen (secondary N) is 1. The van der Waals surface area contributed by atoms with Gasteiger partial charge in [0.15, 0.2) is 0 Å². The Labute approximate surface area is 121 Å². The molecule has 0 bridgehead atoms. The average Bonchev–Trinajstić information content (AvgIpc) is 2.29. The van der Waals surface area contributed by atoms with Crippen LogP contribution in [-0.2, 0) is 10.0 Å². The van der Waals surface area contributed by atoms with E-state index < -0.39 is 10.0 Å². The Balaban J connectivity index is 2.18. The van der Waals surface area contributed by atoms with E-state index in [-0.39, 0.29) is 4.90 Å². The Morgan fingerprint density at radius 1 is 1.35 bits per heavy atom. The van der Waals surface area contributed by atoms with E-state index in [1.165, 1.54) is 12.8 Å². The van der Waals surface area contributed by atoms with E-state index in [4.69, 9.17) is 5.14 Å². The SMILES string of the molecule is Cc1ccc(NC2CCCC(C)(C)C2)cc1S(N)(=O)=O. The Morgan fingerprint density at radius 3 is 2.65 bits per heavy atom. The zero-order chi connectivity index (χ0) is 15.0. The van der Waals surface area contributed by atoms with E-state index in [9.17, 15) is 8.42 Å². The maximum absolute atomic E-state index is 11.6. The molecule has 0 spiro atoms. The lowest BCUT2D eigenvalue weighted by Crippen LogP contribution is -2.31. The van der Waals surface area contributed by atoms with Crippen LogP contribution in [-0.4, -0.2) is 14.5 Å². The molecule has 3 N–H and O–H groups in total. The number of hydrogen-bond donors (Lipinski definition) is 2. The minimum Gasteiger partial charge on any atom is -0.382 e. The predicted octanol–water partition coefficient (Wildman–Crippen LogP) is 3.02. The lowest BCUT2D eigenvalue weighted by atomic mass is 9.75. The van der Waals surface area contributed by atoms with E-state index in [0.29, 0.717) is 17.0 Å².